The molecular formula is C23H30N2O5S. The van der Waals surface area contributed by atoms with Crippen molar-refractivity contribution < 1.29 is 22.7 Å². The molecule has 1 aliphatic heterocycles. The van der Waals surface area contributed by atoms with E-state index >= 15 is 0 Å². The maximum atomic E-state index is 13.1. The zero-order valence-corrected chi connectivity index (χ0v) is 19.2. The molecule has 1 amide bonds. The molecule has 0 saturated carbocycles. The van der Waals surface area contributed by atoms with Crippen molar-refractivity contribution in [3.8, 4) is 11.5 Å². The summed E-state index contributed by atoms with van der Waals surface area (Å²) >= 11 is 0. The first-order valence-corrected chi connectivity index (χ1v) is 11.8. The summed E-state index contributed by atoms with van der Waals surface area (Å²) in [6.07, 6.45) is 1.02. The van der Waals surface area contributed by atoms with Gasteiger partial charge >= 0.3 is 0 Å². The highest BCUT2D eigenvalue weighted by atomic mass is 32.2. The van der Waals surface area contributed by atoms with Crippen molar-refractivity contribution >= 4 is 15.9 Å². The van der Waals surface area contributed by atoms with Crippen LogP contribution in [0.4, 0.5) is 0 Å². The number of hydrogen-bond acceptors (Lipinski definition) is 5. The Morgan fingerprint density at radius 3 is 2.23 bits per heavy atom. The number of rotatable bonds is 7. The number of carbonyl (C=O) groups is 1. The molecule has 0 bridgehead atoms. The van der Waals surface area contributed by atoms with Crippen LogP contribution in [0.5, 0.6) is 11.5 Å². The number of nitrogens with zero attached hydrogens (tertiary/aromatic N) is 1. The molecule has 2 aromatic rings. The summed E-state index contributed by atoms with van der Waals surface area (Å²) in [6, 6.07) is 11.6. The van der Waals surface area contributed by atoms with Crippen molar-refractivity contribution in [1.82, 2.24) is 9.62 Å². The Bertz CT molecular complexity index is 1010. The summed E-state index contributed by atoms with van der Waals surface area (Å²) < 4.78 is 38.3. The van der Waals surface area contributed by atoms with E-state index in [2.05, 4.69) is 19.2 Å². The smallest absolute Gasteiger partial charge is 0.251 e. The van der Waals surface area contributed by atoms with Crippen LogP contribution in [0.25, 0.3) is 0 Å². The number of hydrogen-bond donors (Lipinski definition) is 1. The summed E-state index contributed by atoms with van der Waals surface area (Å²) in [7, 11) is -0.524. The summed E-state index contributed by atoms with van der Waals surface area (Å²) in [5, 5.41) is 2.83. The predicted octanol–water partition coefficient (Wildman–Crippen LogP) is 3.30. The highest BCUT2D eigenvalue weighted by Crippen LogP contribution is 2.27. The average Bonchev–Trinajstić information content (AvgIpc) is 2.76. The maximum Gasteiger partial charge on any atom is 0.251 e. The number of ether oxygens (including phenoxy) is 2. The average molecular weight is 447 g/mol. The first kappa shape index (κ1) is 23.1. The molecule has 1 fully saturated rings. The molecule has 1 heterocycles. The lowest BCUT2D eigenvalue weighted by atomic mass is 9.94. The highest BCUT2D eigenvalue weighted by molar-refractivity contribution is 7.89. The van der Waals surface area contributed by atoms with Crippen LogP contribution in [0.1, 0.15) is 36.2 Å². The summed E-state index contributed by atoms with van der Waals surface area (Å²) in [5.41, 5.74) is 1.11. The highest BCUT2D eigenvalue weighted by Gasteiger charge is 2.31. The van der Waals surface area contributed by atoms with Crippen LogP contribution >= 0.6 is 0 Å². The van der Waals surface area contributed by atoms with Gasteiger partial charge in [-0.25, -0.2) is 8.42 Å². The third-order valence-electron chi connectivity index (χ3n) is 5.43. The Kier molecular flexibility index (Phi) is 7.23. The lowest BCUT2D eigenvalue weighted by Gasteiger charge is -2.34. The van der Waals surface area contributed by atoms with Gasteiger partial charge in [-0.05, 0) is 54.2 Å². The van der Waals surface area contributed by atoms with Crippen molar-refractivity contribution in [1.29, 1.82) is 0 Å². The van der Waals surface area contributed by atoms with Gasteiger partial charge in [0, 0.05) is 31.3 Å². The summed E-state index contributed by atoms with van der Waals surface area (Å²) in [4.78, 5) is 12.8. The molecule has 7 nitrogen and oxygen atoms in total. The van der Waals surface area contributed by atoms with Crippen molar-refractivity contribution in [2.75, 3.05) is 27.3 Å². The molecule has 0 aromatic heterocycles. The van der Waals surface area contributed by atoms with Crippen LogP contribution in [-0.2, 0) is 16.6 Å². The molecular weight excluding hydrogens is 416 g/mol. The molecule has 2 aromatic carbocycles. The Hall–Kier alpha value is -2.58. The minimum absolute atomic E-state index is 0.143. The van der Waals surface area contributed by atoms with Gasteiger partial charge < -0.3 is 14.8 Å². The fourth-order valence-corrected chi connectivity index (χ4v) is 5.73. The largest absolute Gasteiger partial charge is 0.497 e. The first-order valence-electron chi connectivity index (χ1n) is 10.3. The Morgan fingerprint density at radius 1 is 1.03 bits per heavy atom. The normalized spacial score (nSPS) is 19.6. The molecule has 0 aliphatic carbocycles. The standard InChI is InChI=1S/C23H30N2O5S/c1-16-8-17(2)15-25(14-16)31(27,28)22-7-5-6-19(11-22)23(26)24-13-18-9-20(29-3)12-21(10-18)30-4/h5-7,9-12,16-17H,8,13-15H2,1-4H3,(H,24,26). The number of nitrogens with one attached hydrogen (secondary N) is 1. The SMILES string of the molecule is COc1cc(CNC(=O)c2cccc(S(=O)(=O)N3CC(C)CC(C)C3)c2)cc(OC)c1. The Balaban J connectivity index is 1.74. The lowest BCUT2D eigenvalue weighted by Crippen LogP contribution is -2.42. The van der Waals surface area contributed by atoms with Gasteiger partial charge in [0.05, 0.1) is 19.1 Å². The van der Waals surface area contributed by atoms with Crippen LogP contribution in [0.2, 0.25) is 0 Å². The topological polar surface area (TPSA) is 84.9 Å². The molecule has 168 valence electrons. The third-order valence-corrected chi connectivity index (χ3v) is 7.26. The zero-order valence-electron chi connectivity index (χ0n) is 18.4. The van der Waals surface area contributed by atoms with Crippen LogP contribution in [-0.4, -0.2) is 45.9 Å². The minimum atomic E-state index is -3.65. The zero-order chi connectivity index (χ0) is 22.6. The molecule has 1 saturated heterocycles. The van der Waals surface area contributed by atoms with E-state index in [1.165, 1.54) is 10.4 Å². The second-order valence-electron chi connectivity index (χ2n) is 8.20. The summed E-state index contributed by atoms with van der Waals surface area (Å²) in [6.45, 7) is 5.39. The van der Waals surface area contributed by atoms with E-state index in [1.54, 1.807) is 38.5 Å². The number of benzene rings is 2. The third kappa shape index (κ3) is 5.57. The van der Waals surface area contributed by atoms with E-state index in [0.717, 1.165) is 12.0 Å². The number of amides is 1. The number of piperidine rings is 1. The van der Waals surface area contributed by atoms with E-state index in [1.807, 2.05) is 12.1 Å². The van der Waals surface area contributed by atoms with Crippen LogP contribution in [0.3, 0.4) is 0 Å². The number of methoxy groups -OCH3 is 2. The maximum absolute atomic E-state index is 13.1. The second-order valence-corrected chi connectivity index (χ2v) is 10.1. The predicted molar refractivity (Wildman–Crippen MR) is 119 cm³/mol. The van der Waals surface area contributed by atoms with Crippen molar-refractivity contribution in [3.63, 3.8) is 0 Å². The van der Waals surface area contributed by atoms with Crippen molar-refractivity contribution in [2.24, 2.45) is 11.8 Å². The number of sulfonamides is 1. The van der Waals surface area contributed by atoms with Crippen LogP contribution in [0, 0.1) is 11.8 Å². The van der Waals surface area contributed by atoms with Gasteiger partial charge in [-0.2, -0.15) is 4.31 Å². The molecule has 0 radical (unpaired) electrons. The van der Waals surface area contributed by atoms with Gasteiger partial charge in [0.15, 0.2) is 0 Å². The van der Waals surface area contributed by atoms with Crippen LogP contribution in [0.15, 0.2) is 47.4 Å². The first-order chi connectivity index (χ1) is 14.7. The van der Waals surface area contributed by atoms with Crippen molar-refractivity contribution in [3.05, 3.63) is 53.6 Å². The van der Waals surface area contributed by atoms with Crippen LogP contribution < -0.4 is 14.8 Å². The number of carbonyl (C=O) groups excluding carboxylic acids is 1. The Morgan fingerprint density at radius 2 is 1.65 bits per heavy atom. The van der Waals surface area contributed by atoms with E-state index in [4.69, 9.17) is 9.47 Å². The Labute approximate surface area is 184 Å². The van der Waals surface area contributed by atoms with Gasteiger partial charge in [0.1, 0.15) is 11.5 Å². The molecule has 8 heteroatoms. The molecule has 2 unspecified atom stereocenters. The molecule has 0 spiro atoms. The molecule has 3 rings (SSSR count). The second kappa shape index (κ2) is 9.70. The molecule has 2 atom stereocenters. The molecule has 31 heavy (non-hydrogen) atoms. The van der Waals surface area contributed by atoms with Gasteiger partial charge in [-0.1, -0.05) is 19.9 Å². The molecule has 1 aliphatic rings. The van der Waals surface area contributed by atoms with Crippen molar-refractivity contribution in [2.45, 2.75) is 31.7 Å². The summed E-state index contributed by atoms with van der Waals surface area (Å²) in [5.74, 6) is 1.53. The van der Waals surface area contributed by atoms with Gasteiger partial charge in [0.25, 0.3) is 5.91 Å². The lowest BCUT2D eigenvalue weighted by molar-refractivity contribution is 0.0950. The minimum Gasteiger partial charge on any atom is -0.497 e. The van der Waals surface area contributed by atoms with Gasteiger partial charge in [-0.3, -0.25) is 4.79 Å². The van der Waals surface area contributed by atoms with E-state index in [-0.39, 0.29) is 17.3 Å². The van der Waals surface area contributed by atoms with E-state index in [9.17, 15) is 13.2 Å². The van der Waals surface area contributed by atoms with E-state index < -0.39 is 10.0 Å². The van der Waals surface area contributed by atoms with Gasteiger partial charge in [-0.15, -0.1) is 0 Å². The monoisotopic (exact) mass is 446 g/mol. The molecule has 1 N–H and O–H groups in total. The quantitative estimate of drug-likeness (QED) is 0.705. The van der Waals surface area contributed by atoms with E-state index in [0.29, 0.717) is 42.0 Å². The fraction of sp³-hybridized carbons (Fsp3) is 0.435. The van der Waals surface area contributed by atoms with Gasteiger partial charge in [0.2, 0.25) is 10.0 Å². The fourth-order valence-electron chi connectivity index (χ4n) is 4.00.